The Bertz CT molecular complexity index is 381. The molecule has 0 unspecified atom stereocenters. The molecule has 3 nitrogen and oxygen atoms in total. The molecular formula is C20H41NO2. The summed E-state index contributed by atoms with van der Waals surface area (Å²) in [5.41, 5.74) is -0.0664. The van der Waals surface area contributed by atoms with Gasteiger partial charge in [-0.25, -0.2) is 0 Å². The van der Waals surface area contributed by atoms with Gasteiger partial charge in [-0.15, -0.1) is 0 Å². The Kier molecular flexibility index (Phi) is 7.81. The first kappa shape index (κ1) is 22.4. The van der Waals surface area contributed by atoms with E-state index in [1.165, 1.54) is 0 Å². The van der Waals surface area contributed by atoms with E-state index in [2.05, 4.69) is 53.8 Å². The van der Waals surface area contributed by atoms with Crippen LogP contribution in [0.4, 0.5) is 0 Å². The van der Waals surface area contributed by atoms with Crippen molar-refractivity contribution < 1.29 is 9.90 Å². The Balaban J connectivity index is 4.69. The highest BCUT2D eigenvalue weighted by Gasteiger charge is 2.35. The molecule has 0 saturated heterocycles. The third-order valence-electron chi connectivity index (χ3n) is 4.97. The second-order valence-corrected chi connectivity index (χ2v) is 10.2. The maximum atomic E-state index is 12.7. The number of nitrogens with one attached hydrogen (secondary N) is 1. The first-order valence-corrected chi connectivity index (χ1v) is 9.06. The normalized spacial score (nSPS) is 14.0. The third kappa shape index (κ3) is 8.74. The van der Waals surface area contributed by atoms with Gasteiger partial charge in [0, 0.05) is 18.6 Å². The monoisotopic (exact) mass is 327 g/mol. The summed E-state index contributed by atoms with van der Waals surface area (Å²) in [6.45, 7) is 20.4. The largest absolute Gasteiger partial charge is 0.396 e. The second-order valence-electron chi connectivity index (χ2n) is 10.2. The summed E-state index contributed by atoms with van der Waals surface area (Å²) in [7, 11) is 0. The lowest BCUT2D eigenvalue weighted by atomic mass is 9.72. The minimum atomic E-state index is -0.422. The van der Waals surface area contributed by atoms with Gasteiger partial charge < -0.3 is 10.4 Å². The summed E-state index contributed by atoms with van der Waals surface area (Å²) in [5, 5.41) is 12.4. The number of hydrogen-bond acceptors (Lipinski definition) is 2. The number of carbonyl (C=O) groups is 1. The van der Waals surface area contributed by atoms with Crippen molar-refractivity contribution in [1.29, 1.82) is 0 Å². The molecule has 23 heavy (non-hydrogen) atoms. The zero-order valence-electron chi connectivity index (χ0n) is 17.1. The van der Waals surface area contributed by atoms with Gasteiger partial charge in [-0.3, -0.25) is 4.79 Å². The highest BCUT2D eigenvalue weighted by molar-refractivity contribution is 5.81. The van der Waals surface area contributed by atoms with Gasteiger partial charge >= 0.3 is 0 Å². The smallest absolute Gasteiger partial charge is 0.225 e. The molecule has 0 spiro atoms. The fourth-order valence-corrected chi connectivity index (χ4v) is 3.71. The fraction of sp³-hybridized carbons (Fsp3) is 0.950. The average molecular weight is 328 g/mol. The lowest BCUT2D eigenvalue weighted by molar-refractivity contribution is -0.131. The number of carbonyl (C=O) groups excluding carboxylic acids is 1. The van der Waals surface area contributed by atoms with Crippen LogP contribution in [0.1, 0.15) is 88.0 Å². The molecule has 0 saturated carbocycles. The number of amides is 1. The Labute approximate surface area is 144 Å². The molecule has 0 rings (SSSR count). The molecular weight excluding hydrogens is 286 g/mol. The summed E-state index contributed by atoms with van der Waals surface area (Å²) in [4.78, 5) is 12.7. The maximum Gasteiger partial charge on any atom is 0.225 e. The van der Waals surface area contributed by atoms with Gasteiger partial charge in [0.1, 0.15) is 0 Å². The molecule has 1 amide bonds. The molecule has 0 fully saturated rings. The van der Waals surface area contributed by atoms with Crippen molar-refractivity contribution >= 4 is 5.91 Å². The van der Waals surface area contributed by atoms with Crippen LogP contribution in [-0.4, -0.2) is 24.2 Å². The minimum Gasteiger partial charge on any atom is -0.396 e. The molecule has 0 atom stereocenters. The molecule has 0 aliphatic rings. The van der Waals surface area contributed by atoms with Gasteiger partial charge in [-0.1, -0.05) is 68.7 Å². The number of aliphatic hydroxyl groups is 1. The van der Waals surface area contributed by atoms with Crippen molar-refractivity contribution in [2.75, 3.05) is 13.2 Å². The van der Waals surface area contributed by atoms with Crippen LogP contribution in [0.15, 0.2) is 0 Å². The molecule has 0 aromatic heterocycles. The zero-order valence-corrected chi connectivity index (χ0v) is 17.1. The van der Waals surface area contributed by atoms with Gasteiger partial charge in [0.25, 0.3) is 0 Å². The van der Waals surface area contributed by atoms with Crippen LogP contribution < -0.4 is 5.32 Å². The van der Waals surface area contributed by atoms with Crippen LogP contribution in [0.3, 0.4) is 0 Å². The summed E-state index contributed by atoms with van der Waals surface area (Å²) in [6, 6.07) is 0. The summed E-state index contributed by atoms with van der Waals surface area (Å²) in [6.07, 6.45) is 3.73. The summed E-state index contributed by atoms with van der Waals surface area (Å²) in [5.74, 6) is 0.117. The predicted molar refractivity (Wildman–Crippen MR) is 99.4 cm³/mol. The lowest BCUT2D eigenvalue weighted by Gasteiger charge is -2.37. The van der Waals surface area contributed by atoms with E-state index in [-0.39, 0.29) is 23.3 Å². The van der Waals surface area contributed by atoms with Crippen LogP contribution in [0.25, 0.3) is 0 Å². The molecule has 2 N–H and O–H groups in total. The first-order chi connectivity index (χ1) is 10.2. The van der Waals surface area contributed by atoms with Crippen LogP contribution in [0.5, 0.6) is 0 Å². The standard InChI is InChI=1S/C20H41NO2/c1-10-17(2,3)13-19(6,7)15-21-16(23)20(8,9)14-18(4,5)11-12-22/h22H,10-15H2,1-9H3,(H,21,23). The fourth-order valence-electron chi connectivity index (χ4n) is 3.71. The SMILES string of the molecule is CCC(C)(C)CC(C)(C)CNC(=O)C(C)(C)CC(C)(C)CCO. The van der Waals surface area contributed by atoms with Crippen molar-refractivity contribution in [3.63, 3.8) is 0 Å². The quantitative estimate of drug-likeness (QED) is 0.606. The van der Waals surface area contributed by atoms with E-state index in [9.17, 15) is 9.90 Å². The molecule has 138 valence electrons. The number of hydrogen-bond donors (Lipinski definition) is 2. The molecule has 0 aliphatic carbocycles. The summed E-state index contributed by atoms with van der Waals surface area (Å²) >= 11 is 0. The van der Waals surface area contributed by atoms with Crippen LogP contribution in [0, 0.1) is 21.7 Å². The van der Waals surface area contributed by atoms with Gasteiger partial charge in [-0.2, -0.15) is 0 Å². The summed E-state index contributed by atoms with van der Waals surface area (Å²) < 4.78 is 0. The third-order valence-corrected chi connectivity index (χ3v) is 4.97. The predicted octanol–water partition coefficient (Wildman–Crippen LogP) is 4.78. The van der Waals surface area contributed by atoms with Crippen molar-refractivity contribution in [2.24, 2.45) is 21.7 Å². The van der Waals surface area contributed by atoms with Crippen LogP contribution in [-0.2, 0) is 4.79 Å². The molecule has 0 aliphatic heterocycles. The van der Waals surface area contributed by atoms with Gasteiger partial charge in [0.15, 0.2) is 0 Å². The van der Waals surface area contributed by atoms with E-state index in [1.54, 1.807) is 0 Å². The molecule has 0 bridgehead atoms. The Hall–Kier alpha value is -0.570. The highest BCUT2D eigenvalue weighted by Crippen LogP contribution is 2.38. The lowest BCUT2D eigenvalue weighted by Crippen LogP contribution is -2.44. The first-order valence-electron chi connectivity index (χ1n) is 9.06. The van der Waals surface area contributed by atoms with E-state index in [4.69, 9.17) is 0 Å². The van der Waals surface area contributed by atoms with Gasteiger partial charge in [0.05, 0.1) is 0 Å². The number of rotatable bonds is 10. The molecule has 3 heteroatoms. The zero-order chi connectivity index (χ0) is 18.5. The Morgan fingerprint density at radius 1 is 0.870 bits per heavy atom. The van der Waals surface area contributed by atoms with Crippen molar-refractivity contribution in [2.45, 2.75) is 88.0 Å². The van der Waals surface area contributed by atoms with E-state index in [0.717, 1.165) is 25.7 Å². The number of aliphatic hydroxyl groups excluding tert-OH is 1. The van der Waals surface area contributed by atoms with E-state index >= 15 is 0 Å². The van der Waals surface area contributed by atoms with Crippen molar-refractivity contribution in [3.8, 4) is 0 Å². The maximum absolute atomic E-state index is 12.7. The van der Waals surface area contributed by atoms with Crippen LogP contribution >= 0.6 is 0 Å². The second kappa shape index (κ2) is 8.00. The van der Waals surface area contributed by atoms with Crippen molar-refractivity contribution in [1.82, 2.24) is 5.32 Å². The van der Waals surface area contributed by atoms with Crippen molar-refractivity contribution in [3.05, 3.63) is 0 Å². The minimum absolute atomic E-state index is 0.0324. The Morgan fingerprint density at radius 3 is 1.83 bits per heavy atom. The average Bonchev–Trinajstić information content (AvgIpc) is 2.33. The van der Waals surface area contributed by atoms with E-state index in [1.807, 2.05) is 13.8 Å². The Morgan fingerprint density at radius 2 is 1.39 bits per heavy atom. The molecule has 0 radical (unpaired) electrons. The van der Waals surface area contributed by atoms with E-state index in [0.29, 0.717) is 12.0 Å². The highest BCUT2D eigenvalue weighted by atomic mass is 16.3. The molecule has 0 aromatic carbocycles. The molecule has 0 aromatic rings. The molecule has 0 heterocycles. The van der Waals surface area contributed by atoms with E-state index < -0.39 is 5.41 Å². The van der Waals surface area contributed by atoms with Gasteiger partial charge in [0.2, 0.25) is 5.91 Å². The topological polar surface area (TPSA) is 49.3 Å². The van der Waals surface area contributed by atoms with Gasteiger partial charge in [-0.05, 0) is 35.5 Å². The van der Waals surface area contributed by atoms with Crippen LogP contribution in [0.2, 0.25) is 0 Å².